The molecule has 3 rings (SSSR count). The van der Waals surface area contributed by atoms with Crippen LogP contribution >= 0.6 is 0 Å². The molecule has 1 aliphatic rings. The molecule has 1 heterocycles. The fraction of sp³-hybridized carbons (Fsp3) is 0.444. The van der Waals surface area contributed by atoms with E-state index in [2.05, 4.69) is 40.1 Å². The molecule has 0 radical (unpaired) electrons. The van der Waals surface area contributed by atoms with E-state index in [0.717, 1.165) is 63.6 Å². The fourth-order valence-corrected chi connectivity index (χ4v) is 3.60. The van der Waals surface area contributed by atoms with E-state index in [1.54, 1.807) is 6.92 Å². The number of carbonyl (C=O) groups excluding carboxylic acids is 1. The summed E-state index contributed by atoms with van der Waals surface area (Å²) in [7, 11) is 0. The van der Waals surface area contributed by atoms with Gasteiger partial charge in [0, 0.05) is 45.7 Å². The second-order valence-electron chi connectivity index (χ2n) is 8.52. The molecule has 0 saturated carbocycles. The molecule has 2 aromatic carbocycles. The van der Waals surface area contributed by atoms with Crippen LogP contribution in [0.25, 0.3) is 0 Å². The summed E-state index contributed by atoms with van der Waals surface area (Å²) in [5.74, 6) is -2.58. The summed E-state index contributed by atoms with van der Waals surface area (Å²) < 4.78 is 11.5. The quantitative estimate of drug-likeness (QED) is 0.335. The third-order valence-electron chi connectivity index (χ3n) is 5.63. The minimum Gasteiger partial charge on any atom is -0.491 e. The number of ketones is 1. The van der Waals surface area contributed by atoms with Gasteiger partial charge in [0.25, 0.3) is 0 Å². The second-order valence-corrected chi connectivity index (χ2v) is 8.52. The predicted octanol–water partition coefficient (Wildman–Crippen LogP) is 2.58. The van der Waals surface area contributed by atoms with Crippen LogP contribution in [0.5, 0.6) is 5.75 Å². The first-order valence-electron chi connectivity index (χ1n) is 12.1. The average Bonchev–Trinajstić information content (AvgIpc) is 2.87. The van der Waals surface area contributed by atoms with E-state index in [-0.39, 0.29) is 5.78 Å². The lowest BCUT2D eigenvalue weighted by Crippen LogP contribution is -2.46. The summed E-state index contributed by atoms with van der Waals surface area (Å²) in [5.41, 5.74) is 2.55. The SMILES string of the molecule is CC(=O)CCc1ccc(OCCOCCN2CCN(Cc3ccccc3)CC2)cc1.O=C(O)C(=O)O. The summed E-state index contributed by atoms with van der Waals surface area (Å²) in [6.45, 7) is 9.96. The van der Waals surface area contributed by atoms with Gasteiger partial charge in [-0.25, -0.2) is 9.59 Å². The third kappa shape index (κ3) is 12.4. The number of hydrogen-bond donors (Lipinski definition) is 2. The zero-order valence-corrected chi connectivity index (χ0v) is 20.8. The minimum atomic E-state index is -1.82. The van der Waals surface area contributed by atoms with Crippen molar-refractivity contribution in [3.8, 4) is 5.75 Å². The number of ether oxygens (including phenoxy) is 2. The van der Waals surface area contributed by atoms with Gasteiger partial charge in [0.1, 0.15) is 18.1 Å². The van der Waals surface area contributed by atoms with Crippen molar-refractivity contribution in [3.63, 3.8) is 0 Å². The Bertz CT molecular complexity index is 915. The highest BCUT2D eigenvalue weighted by atomic mass is 16.5. The van der Waals surface area contributed by atoms with E-state index < -0.39 is 11.9 Å². The number of carboxylic acids is 2. The number of nitrogens with zero attached hydrogens (tertiary/aromatic N) is 2. The van der Waals surface area contributed by atoms with E-state index in [4.69, 9.17) is 29.3 Å². The smallest absolute Gasteiger partial charge is 0.414 e. The van der Waals surface area contributed by atoms with Gasteiger partial charge >= 0.3 is 11.9 Å². The normalized spacial score (nSPS) is 13.9. The van der Waals surface area contributed by atoms with Gasteiger partial charge in [-0.3, -0.25) is 9.80 Å². The molecule has 36 heavy (non-hydrogen) atoms. The zero-order valence-electron chi connectivity index (χ0n) is 20.8. The van der Waals surface area contributed by atoms with Crippen molar-refractivity contribution in [2.24, 2.45) is 0 Å². The van der Waals surface area contributed by atoms with Gasteiger partial charge < -0.3 is 24.5 Å². The summed E-state index contributed by atoms with van der Waals surface area (Å²) in [5, 5.41) is 14.8. The Hall–Kier alpha value is -3.27. The van der Waals surface area contributed by atoms with Crippen LogP contribution in [0.3, 0.4) is 0 Å². The number of hydrogen-bond acceptors (Lipinski definition) is 7. The molecule has 2 N–H and O–H groups in total. The number of aliphatic carboxylic acids is 2. The fourth-order valence-electron chi connectivity index (χ4n) is 3.60. The number of carbonyl (C=O) groups is 3. The van der Waals surface area contributed by atoms with E-state index in [9.17, 15) is 4.79 Å². The highest BCUT2D eigenvalue weighted by Crippen LogP contribution is 2.13. The van der Waals surface area contributed by atoms with Crippen LogP contribution in [0.4, 0.5) is 0 Å². The van der Waals surface area contributed by atoms with Gasteiger partial charge in [-0.1, -0.05) is 42.5 Å². The average molecular weight is 501 g/mol. The molecule has 0 aromatic heterocycles. The van der Waals surface area contributed by atoms with Crippen LogP contribution in [-0.4, -0.2) is 90.3 Å². The van der Waals surface area contributed by atoms with E-state index in [1.165, 1.54) is 5.56 Å². The standard InChI is InChI=1S/C25H34N2O3.C2H2O4/c1-22(28)7-8-23-9-11-25(12-10-23)30-20-19-29-18-17-26-13-15-27(16-14-26)21-24-5-3-2-4-6-24;3-1(4)2(5)6/h2-6,9-12H,7-8,13-21H2,1H3;(H,3,4)(H,5,6). The van der Waals surface area contributed by atoms with E-state index in [1.807, 2.05) is 24.3 Å². The Morgan fingerprint density at radius 3 is 1.97 bits per heavy atom. The lowest BCUT2D eigenvalue weighted by atomic mass is 10.1. The maximum absolute atomic E-state index is 11.1. The predicted molar refractivity (Wildman–Crippen MR) is 135 cm³/mol. The van der Waals surface area contributed by atoms with Crippen LogP contribution in [0.2, 0.25) is 0 Å². The van der Waals surface area contributed by atoms with Gasteiger partial charge in [-0.05, 0) is 36.6 Å². The number of piperazine rings is 1. The van der Waals surface area contributed by atoms with Crippen LogP contribution < -0.4 is 4.74 Å². The lowest BCUT2D eigenvalue weighted by Gasteiger charge is -2.34. The largest absolute Gasteiger partial charge is 0.491 e. The lowest BCUT2D eigenvalue weighted by molar-refractivity contribution is -0.159. The molecular weight excluding hydrogens is 464 g/mol. The minimum absolute atomic E-state index is 0.224. The molecule has 196 valence electrons. The molecule has 1 saturated heterocycles. The Kier molecular flexibility index (Phi) is 13.2. The van der Waals surface area contributed by atoms with Crippen molar-refractivity contribution in [3.05, 3.63) is 65.7 Å². The first kappa shape index (κ1) is 29.0. The first-order chi connectivity index (χ1) is 17.3. The second kappa shape index (κ2) is 16.4. The van der Waals surface area contributed by atoms with Crippen LogP contribution in [0, 0.1) is 0 Å². The number of carboxylic acid groups (broad SMARTS) is 2. The van der Waals surface area contributed by atoms with Crippen LogP contribution in [0.1, 0.15) is 24.5 Å². The molecule has 0 aliphatic carbocycles. The zero-order chi connectivity index (χ0) is 26.2. The molecule has 2 aromatic rings. The number of aryl methyl sites for hydroxylation is 1. The maximum atomic E-state index is 11.1. The van der Waals surface area contributed by atoms with Crippen molar-refractivity contribution in [1.29, 1.82) is 0 Å². The van der Waals surface area contributed by atoms with Crippen molar-refractivity contribution < 1.29 is 34.1 Å². The van der Waals surface area contributed by atoms with Gasteiger partial charge in [0.15, 0.2) is 0 Å². The summed E-state index contributed by atoms with van der Waals surface area (Å²) in [6.07, 6.45) is 1.38. The number of Topliss-reactive ketones (excluding diaryl/α,β-unsaturated/α-hetero) is 1. The molecule has 9 nitrogen and oxygen atoms in total. The number of rotatable bonds is 12. The molecule has 9 heteroatoms. The third-order valence-corrected chi connectivity index (χ3v) is 5.63. The van der Waals surface area contributed by atoms with Crippen molar-refractivity contribution >= 4 is 17.7 Å². The maximum Gasteiger partial charge on any atom is 0.414 e. The van der Waals surface area contributed by atoms with Crippen molar-refractivity contribution in [2.45, 2.75) is 26.3 Å². The Balaban J connectivity index is 0.000000678. The highest BCUT2D eigenvalue weighted by Gasteiger charge is 2.16. The van der Waals surface area contributed by atoms with E-state index >= 15 is 0 Å². The Morgan fingerprint density at radius 1 is 0.778 bits per heavy atom. The Morgan fingerprint density at radius 2 is 1.39 bits per heavy atom. The summed E-state index contributed by atoms with van der Waals surface area (Å²) in [4.78, 5) is 34.2. The molecule has 1 fully saturated rings. The van der Waals surface area contributed by atoms with Crippen LogP contribution in [-0.2, 0) is 32.1 Å². The summed E-state index contributed by atoms with van der Waals surface area (Å²) >= 11 is 0. The number of benzene rings is 2. The molecule has 0 spiro atoms. The monoisotopic (exact) mass is 500 g/mol. The molecule has 0 atom stereocenters. The topological polar surface area (TPSA) is 117 Å². The van der Waals surface area contributed by atoms with Crippen LogP contribution in [0.15, 0.2) is 54.6 Å². The van der Waals surface area contributed by atoms with Gasteiger partial charge in [-0.15, -0.1) is 0 Å². The molecule has 1 aliphatic heterocycles. The van der Waals surface area contributed by atoms with Crippen molar-refractivity contribution in [1.82, 2.24) is 9.80 Å². The van der Waals surface area contributed by atoms with E-state index in [0.29, 0.717) is 19.6 Å². The summed E-state index contributed by atoms with van der Waals surface area (Å²) in [6, 6.07) is 18.7. The van der Waals surface area contributed by atoms with Gasteiger partial charge in [0.2, 0.25) is 0 Å². The molecule has 0 bridgehead atoms. The molecule has 0 unspecified atom stereocenters. The molecular formula is C27H36N2O7. The first-order valence-corrected chi connectivity index (χ1v) is 12.1. The van der Waals surface area contributed by atoms with Crippen molar-refractivity contribution in [2.75, 3.05) is 52.5 Å². The van der Waals surface area contributed by atoms with Gasteiger partial charge in [-0.2, -0.15) is 0 Å². The molecule has 0 amide bonds. The Labute approximate surface area is 212 Å². The van der Waals surface area contributed by atoms with Gasteiger partial charge in [0.05, 0.1) is 13.2 Å². The highest BCUT2D eigenvalue weighted by molar-refractivity contribution is 6.27.